The summed E-state index contributed by atoms with van der Waals surface area (Å²) in [7, 11) is 1.23. The molecule has 2 aromatic rings. The molecule has 0 spiro atoms. The number of carbonyl (C=O) groups excluding carboxylic acids is 2. The summed E-state index contributed by atoms with van der Waals surface area (Å²) in [5.74, 6) is -0.512. The van der Waals surface area contributed by atoms with E-state index in [9.17, 15) is 9.59 Å². The molecule has 0 aromatic heterocycles. The molecule has 0 saturated carbocycles. The monoisotopic (exact) mass is 541 g/mol. The largest absolute Gasteiger partial charge is 0.488 e. The Kier molecular flexibility index (Phi) is 8.14. The van der Waals surface area contributed by atoms with Gasteiger partial charge in [-0.15, -0.1) is 5.10 Å². The van der Waals surface area contributed by atoms with Crippen molar-refractivity contribution in [1.29, 1.82) is 0 Å². The fourth-order valence-corrected chi connectivity index (χ4v) is 3.91. The van der Waals surface area contributed by atoms with Crippen molar-refractivity contribution in [2.75, 3.05) is 7.11 Å². The summed E-state index contributed by atoms with van der Waals surface area (Å²) in [5, 5.41) is 11.8. The molecule has 1 N–H and O–H groups in total. The average Bonchev–Trinajstić information content (AvgIpc) is 3.07. The van der Waals surface area contributed by atoms with E-state index < -0.39 is 11.9 Å². The lowest BCUT2D eigenvalue weighted by atomic mass is 10.2. The predicted molar refractivity (Wildman–Crippen MR) is 126 cm³/mol. The minimum Gasteiger partial charge on any atom is -0.488 e. The quantitative estimate of drug-likeness (QED) is 0.241. The first kappa shape index (κ1) is 23.3. The number of methoxy groups -OCH3 is 1. The molecule has 1 saturated heterocycles. The van der Waals surface area contributed by atoms with Gasteiger partial charge in [0.15, 0.2) is 5.17 Å². The topological polar surface area (TPSA) is 89.3 Å². The van der Waals surface area contributed by atoms with Crippen LogP contribution in [-0.2, 0) is 20.9 Å². The molecule has 0 unspecified atom stereocenters. The van der Waals surface area contributed by atoms with E-state index in [1.807, 2.05) is 12.1 Å². The van der Waals surface area contributed by atoms with Crippen molar-refractivity contribution in [3.05, 3.63) is 73.0 Å². The highest BCUT2D eigenvalue weighted by molar-refractivity contribution is 9.10. The van der Waals surface area contributed by atoms with Gasteiger partial charge >= 0.3 is 5.97 Å². The van der Waals surface area contributed by atoms with E-state index in [-0.39, 0.29) is 16.7 Å². The number of nitrogens with zero attached hydrogens (tertiary/aromatic N) is 2. The van der Waals surface area contributed by atoms with Crippen LogP contribution in [0.2, 0.25) is 10.0 Å². The number of nitrogens with one attached hydrogen (secondary N) is 1. The number of carbonyl (C=O) groups is 2. The third-order valence-corrected chi connectivity index (χ3v) is 5.80. The van der Waals surface area contributed by atoms with Gasteiger partial charge in [-0.25, -0.2) is 4.79 Å². The summed E-state index contributed by atoms with van der Waals surface area (Å²) >= 11 is 16.5. The molecule has 1 aliphatic heterocycles. The number of thioether (sulfide) groups is 1. The summed E-state index contributed by atoms with van der Waals surface area (Å²) in [6.45, 7) is 0.237. The van der Waals surface area contributed by atoms with Crippen LogP contribution in [-0.4, -0.2) is 30.4 Å². The van der Waals surface area contributed by atoms with Crippen molar-refractivity contribution in [3.8, 4) is 5.75 Å². The normalized spacial score (nSPS) is 16.2. The van der Waals surface area contributed by atoms with Crippen LogP contribution in [0.3, 0.4) is 0 Å². The van der Waals surface area contributed by atoms with Gasteiger partial charge in [0.05, 0.1) is 18.2 Å². The Morgan fingerprint density at radius 1 is 1.26 bits per heavy atom. The molecule has 0 atom stereocenters. The highest BCUT2D eigenvalue weighted by atomic mass is 79.9. The van der Waals surface area contributed by atoms with Crippen LogP contribution >= 0.6 is 50.9 Å². The van der Waals surface area contributed by atoms with E-state index in [4.69, 9.17) is 27.9 Å². The van der Waals surface area contributed by atoms with Crippen molar-refractivity contribution in [2.24, 2.45) is 10.2 Å². The van der Waals surface area contributed by atoms with Crippen molar-refractivity contribution >= 4 is 74.2 Å². The molecule has 1 heterocycles. The van der Waals surface area contributed by atoms with Crippen LogP contribution in [0.15, 0.2) is 62.1 Å². The number of esters is 1. The van der Waals surface area contributed by atoms with Gasteiger partial charge in [-0.2, -0.15) is 5.10 Å². The minimum atomic E-state index is -0.626. The summed E-state index contributed by atoms with van der Waals surface area (Å²) in [6.07, 6.45) is 2.58. The van der Waals surface area contributed by atoms with Gasteiger partial charge in [0.2, 0.25) is 0 Å². The Labute approximate surface area is 200 Å². The molecular weight excluding hydrogens is 529 g/mol. The first-order chi connectivity index (χ1) is 14.9. The molecule has 160 valence electrons. The van der Waals surface area contributed by atoms with Gasteiger partial charge in [0.1, 0.15) is 12.4 Å². The van der Waals surface area contributed by atoms with E-state index in [2.05, 4.69) is 36.2 Å². The second-order valence-electron chi connectivity index (χ2n) is 5.94. The van der Waals surface area contributed by atoms with Crippen LogP contribution in [0.5, 0.6) is 5.75 Å². The number of amides is 1. The molecule has 7 nitrogen and oxygen atoms in total. The standard InChI is InChI=1S/C20H14BrCl2N3O4S/c1-29-18(27)8-17-19(28)25-20(31-17)26-24-9-12-6-13(21)3-5-16(12)30-10-11-2-4-14(22)7-15(11)23/h2-9H,10H2,1H3,(H,25,26,28)/b17-8+,24-9?. The van der Waals surface area contributed by atoms with Crippen LogP contribution in [0.1, 0.15) is 11.1 Å². The van der Waals surface area contributed by atoms with E-state index >= 15 is 0 Å². The Hall–Kier alpha value is -2.33. The maximum atomic E-state index is 11.9. The number of halogens is 3. The molecule has 0 radical (unpaired) electrons. The fraction of sp³-hybridized carbons (Fsp3) is 0.100. The Morgan fingerprint density at radius 2 is 2.06 bits per heavy atom. The molecule has 3 rings (SSSR count). The lowest BCUT2D eigenvalue weighted by Crippen LogP contribution is -2.19. The summed E-state index contributed by atoms with van der Waals surface area (Å²) < 4.78 is 11.2. The van der Waals surface area contributed by atoms with E-state index in [0.29, 0.717) is 21.4 Å². The molecule has 0 aliphatic carbocycles. The maximum Gasteiger partial charge on any atom is 0.331 e. The van der Waals surface area contributed by atoms with Crippen molar-refractivity contribution < 1.29 is 19.1 Å². The number of hydrogen-bond acceptors (Lipinski definition) is 7. The Morgan fingerprint density at radius 3 is 2.81 bits per heavy atom. The fourth-order valence-electron chi connectivity index (χ4n) is 2.33. The zero-order chi connectivity index (χ0) is 22.4. The molecule has 31 heavy (non-hydrogen) atoms. The molecule has 1 aliphatic rings. The third kappa shape index (κ3) is 6.57. The Bertz CT molecular complexity index is 1120. The van der Waals surface area contributed by atoms with E-state index in [0.717, 1.165) is 27.9 Å². The lowest BCUT2D eigenvalue weighted by Gasteiger charge is -2.10. The van der Waals surface area contributed by atoms with Gasteiger partial charge < -0.3 is 9.47 Å². The van der Waals surface area contributed by atoms with Gasteiger partial charge in [-0.1, -0.05) is 45.2 Å². The average molecular weight is 543 g/mol. The SMILES string of the molecule is COC(=O)/C=C1/S/C(=N\N=Cc2cc(Br)ccc2OCc2ccc(Cl)cc2Cl)NC1=O. The molecule has 2 aromatic carbocycles. The zero-order valence-corrected chi connectivity index (χ0v) is 19.8. The number of hydrogen-bond donors (Lipinski definition) is 1. The smallest absolute Gasteiger partial charge is 0.331 e. The van der Waals surface area contributed by atoms with Gasteiger partial charge in [0.25, 0.3) is 5.91 Å². The number of rotatable bonds is 6. The summed E-state index contributed by atoms with van der Waals surface area (Å²) in [6, 6.07) is 10.6. The molecular formula is C20H14BrCl2N3O4S. The van der Waals surface area contributed by atoms with E-state index in [1.54, 1.807) is 24.3 Å². The number of benzene rings is 2. The maximum absolute atomic E-state index is 11.9. The number of amidine groups is 1. The van der Waals surface area contributed by atoms with Gasteiger partial charge in [-0.05, 0) is 42.1 Å². The third-order valence-electron chi connectivity index (χ3n) is 3.82. The van der Waals surface area contributed by atoms with Crippen LogP contribution < -0.4 is 10.1 Å². The predicted octanol–water partition coefficient (Wildman–Crippen LogP) is 4.94. The number of ether oxygens (including phenoxy) is 2. The Balaban J connectivity index is 1.73. The van der Waals surface area contributed by atoms with Gasteiger partial charge in [0, 0.05) is 31.7 Å². The highest BCUT2D eigenvalue weighted by Gasteiger charge is 2.25. The summed E-state index contributed by atoms with van der Waals surface area (Å²) in [4.78, 5) is 23.3. The van der Waals surface area contributed by atoms with Crippen molar-refractivity contribution in [2.45, 2.75) is 6.61 Å². The van der Waals surface area contributed by atoms with Gasteiger partial charge in [-0.3, -0.25) is 10.1 Å². The second kappa shape index (κ2) is 10.8. The van der Waals surface area contributed by atoms with Crippen LogP contribution in [0.25, 0.3) is 0 Å². The second-order valence-corrected chi connectivity index (χ2v) is 8.73. The molecule has 0 bridgehead atoms. The highest BCUT2D eigenvalue weighted by Crippen LogP contribution is 2.26. The van der Waals surface area contributed by atoms with Crippen molar-refractivity contribution in [3.63, 3.8) is 0 Å². The molecule has 1 fully saturated rings. The van der Waals surface area contributed by atoms with Crippen LogP contribution in [0, 0.1) is 0 Å². The van der Waals surface area contributed by atoms with E-state index in [1.165, 1.54) is 13.3 Å². The molecule has 1 amide bonds. The molecule has 11 heteroatoms. The van der Waals surface area contributed by atoms with Crippen LogP contribution in [0.4, 0.5) is 0 Å². The zero-order valence-electron chi connectivity index (χ0n) is 15.9. The summed E-state index contributed by atoms with van der Waals surface area (Å²) in [5.41, 5.74) is 1.44. The minimum absolute atomic E-state index is 0.173. The first-order valence-electron chi connectivity index (χ1n) is 8.62. The first-order valence-corrected chi connectivity index (χ1v) is 11.0. The lowest BCUT2D eigenvalue weighted by molar-refractivity contribution is -0.135. The van der Waals surface area contributed by atoms with Crippen molar-refractivity contribution in [1.82, 2.24) is 5.32 Å².